The second kappa shape index (κ2) is 8.21. The number of hydrogen-bond acceptors (Lipinski definition) is 5. The van der Waals surface area contributed by atoms with Gasteiger partial charge in [-0.25, -0.2) is 0 Å². The summed E-state index contributed by atoms with van der Waals surface area (Å²) in [5, 5.41) is 14.1. The zero-order valence-electron chi connectivity index (χ0n) is 12.6. The van der Waals surface area contributed by atoms with E-state index in [0.29, 0.717) is 13.1 Å². The molecule has 0 radical (unpaired) electrons. The van der Waals surface area contributed by atoms with E-state index in [0.717, 1.165) is 12.1 Å². The van der Waals surface area contributed by atoms with Crippen molar-refractivity contribution < 1.29 is 14.5 Å². The van der Waals surface area contributed by atoms with Crippen molar-refractivity contribution in [3.05, 3.63) is 33.9 Å². The second-order valence-corrected chi connectivity index (χ2v) is 4.54. The van der Waals surface area contributed by atoms with Crippen molar-refractivity contribution in [1.29, 1.82) is 0 Å². The first-order valence-corrected chi connectivity index (χ1v) is 6.84. The van der Waals surface area contributed by atoms with Gasteiger partial charge in [-0.2, -0.15) is 0 Å². The van der Waals surface area contributed by atoms with Gasteiger partial charge in [-0.3, -0.25) is 14.9 Å². The third-order valence-electron chi connectivity index (χ3n) is 3.05. The SMILES string of the molecule is CCNCc1ccc([N+](=O)[O-])c(OCC(=O)N(C)CC)c1. The largest absolute Gasteiger partial charge is 0.477 e. The number of nitro benzene ring substituents is 1. The number of likely N-dealkylation sites (N-methyl/N-ethyl adjacent to an activating group) is 1. The van der Waals surface area contributed by atoms with E-state index in [-0.39, 0.29) is 24.0 Å². The summed E-state index contributed by atoms with van der Waals surface area (Å²) >= 11 is 0. The standard InChI is InChI=1S/C14H21N3O4/c1-4-15-9-11-6-7-12(17(19)20)13(8-11)21-10-14(18)16(3)5-2/h6-8,15H,4-5,9-10H2,1-3H3. The number of carbonyl (C=O) groups excluding carboxylic acids is 1. The molecule has 0 aliphatic heterocycles. The molecule has 0 bridgehead atoms. The van der Waals surface area contributed by atoms with Crippen LogP contribution < -0.4 is 10.1 Å². The van der Waals surface area contributed by atoms with E-state index in [4.69, 9.17) is 4.74 Å². The van der Waals surface area contributed by atoms with E-state index in [1.54, 1.807) is 19.2 Å². The molecular weight excluding hydrogens is 274 g/mol. The molecule has 1 N–H and O–H groups in total. The van der Waals surface area contributed by atoms with Gasteiger partial charge in [0.25, 0.3) is 5.91 Å². The smallest absolute Gasteiger partial charge is 0.310 e. The van der Waals surface area contributed by atoms with Crippen LogP contribution in [0.1, 0.15) is 19.4 Å². The Balaban J connectivity index is 2.85. The number of nitro groups is 1. The Morgan fingerprint density at radius 3 is 2.71 bits per heavy atom. The summed E-state index contributed by atoms with van der Waals surface area (Å²) in [5.74, 6) is -0.0999. The van der Waals surface area contributed by atoms with E-state index in [2.05, 4.69) is 5.32 Å². The fourth-order valence-electron chi connectivity index (χ4n) is 1.63. The molecule has 0 atom stereocenters. The van der Waals surface area contributed by atoms with Gasteiger partial charge in [0.05, 0.1) is 4.92 Å². The van der Waals surface area contributed by atoms with Crippen LogP contribution in [-0.4, -0.2) is 42.5 Å². The van der Waals surface area contributed by atoms with Gasteiger partial charge in [0.2, 0.25) is 0 Å². The quantitative estimate of drug-likeness (QED) is 0.581. The Hall–Kier alpha value is -2.15. The van der Waals surface area contributed by atoms with Gasteiger partial charge < -0.3 is 15.0 Å². The summed E-state index contributed by atoms with van der Waals surface area (Å²) in [6.07, 6.45) is 0. The Kier molecular flexibility index (Phi) is 6.61. The van der Waals surface area contributed by atoms with Crippen LogP contribution in [0.5, 0.6) is 5.75 Å². The van der Waals surface area contributed by atoms with Crippen molar-refractivity contribution in [3.8, 4) is 5.75 Å². The Morgan fingerprint density at radius 1 is 1.43 bits per heavy atom. The van der Waals surface area contributed by atoms with Crippen LogP contribution in [0.2, 0.25) is 0 Å². The van der Waals surface area contributed by atoms with Crippen molar-refractivity contribution in [3.63, 3.8) is 0 Å². The summed E-state index contributed by atoms with van der Waals surface area (Å²) < 4.78 is 5.34. The van der Waals surface area contributed by atoms with E-state index in [9.17, 15) is 14.9 Å². The summed E-state index contributed by atoms with van der Waals surface area (Å²) in [7, 11) is 1.65. The van der Waals surface area contributed by atoms with E-state index < -0.39 is 4.92 Å². The molecule has 0 fully saturated rings. The molecule has 0 heterocycles. The average molecular weight is 295 g/mol. The summed E-state index contributed by atoms with van der Waals surface area (Å²) in [6.45, 7) is 5.56. The molecule has 7 nitrogen and oxygen atoms in total. The minimum Gasteiger partial charge on any atom is -0.477 e. The molecule has 1 aromatic rings. The molecule has 116 valence electrons. The average Bonchev–Trinajstić information content (AvgIpc) is 2.49. The number of hydrogen-bond donors (Lipinski definition) is 1. The van der Waals surface area contributed by atoms with Crippen LogP contribution in [0.15, 0.2) is 18.2 Å². The van der Waals surface area contributed by atoms with Gasteiger partial charge in [-0.1, -0.05) is 13.0 Å². The zero-order chi connectivity index (χ0) is 15.8. The molecule has 0 aromatic heterocycles. The zero-order valence-corrected chi connectivity index (χ0v) is 12.6. The van der Waals surface area contributed by atoms with Gasteiger partial charge in [-0.15, -0.1) is 0 Å². The Morgan fingerprint density at radius 2 is 2.14 bits per heavy atom. The summed E-state index contributed by atoms with van der Waals surface area (Å²) in [5.41, 5.74) is 0.732. The maximum atomic E-state index is 11.7. The van der Waals surface area contributed by atoms with Crippen molar-refractivity contribution >= 4 is 11.6 Å². The van der Waals surface area contributed by atoms with Crippen LogP contribution in [-0.2, 0) is 11.3 Å². The van der Waals surface area contributed by atoms with Gasteiger partial charge in [0.1, 0.15) is 0 Å². The third-order valence-corrected chi connectivity index (χ3v) is 3.05. The molecule has 1 aromatic carbocycles. The first-order valence-electron chi connectivity index (χ1n) is 6.84. The lowest BCUT2D eigenvalue weighted by molar-refractivity contribution is -0.385. The molecule has 7 heteroatoms. The molecule has 0 aliphatic carbocycles. The Labute approximate surface area is 124 Å². The van der Waals surface area contributed by atoms with Gasteiger partial charge >= 0.3 is 5.69 Å². The van der Waals surface area contributed by atoms with Crippen LogP contribution in [0.4, 0.5) is 5.69 Å². The van der Waals surface area contributed by atoms with E-state index in [1.807, 2.05) is 13.8 Å². The highest BCUT2D eigenvalue weighted by Crippen LogP contribution is 2.28. The highest BCUT2D eigenvalue weighted by Gasteiger charge is 2.17. The Bertz CT molecular complexity index is 505. The van der Waals surface area contributed by atoms with Crippen molar-refractivity contribution in [2.45, 2.75) is 20.4 Å². The highest BCUT2D eigenvalue weighted by molar-refractivity contribution is 5.77. The lowest BCUT2D eigenvalue weighted by Crippen LogP contribution is -2.31. The highest BCUT2D eigenvalue weighted by atomic mass is 16.6. The van der Waals surface area contributed by atoms with Crippen molar-refractivity contribution in [1.82, 2.24) is 10.2 Å². The van der Waals surface area contributed by atoms with Crippen LogP contribution in [0, 0.1) is 10.1 Å². The molecule has 0 saturated carbocycles. The number of rotatable bonds is 8. The van der Waals surface area contributed by atoms with Gasteiger partial charge in [0, 0.05) is 26.2 Å². The fraction of sp³-hybridized carbons (Fsp3) is 0.500. The fourth-order valence-corrected chi connectivity index (χ4v) is 1.63. The number of carbonyl (C=O) groups is 1. The maximum absolute atomic E-state index is 11.7. The van der Waals surface area contributed by atoms with E-state index >= 15 is 0 Å². The topological polar surface area (TPSA) is 84.7 Å². The number of ether oxygens (including phenoxy) is 1. The number of benzene rings is 1. The van der Waals surface area contributed by atoms with E-state index in [1.165, 1.54) is 11.0 Å². The third kappa shape index (κ3) is 5.03. The number of amides is 1. The maximum Gasteiger partial charge on any atom is 0.310 e. The van der Waals surface area contributed by atoms with Crippen molar-refractivity contribution in [2.75, 3.05) is 26.7 Å². The van der Waals surface area contributed by atoms with Crippen LogP contribution >= 0.6 is 0 Å². The van der Waals surface area contributed by atoms with Gasteiger partial charge in [-0.05, 0) is 25.1 Å². The molecule has 0 saturated heterocycles. The predicted molar refractivity (Wildman–Crippen MR) is 79.3 cm³/mol. The molecule has 0 aliphatic rings. The molecule has 0 spiro atoms. The lowest BCUT2D eigenvalue weighted by Gasteiger charge is -2.15. The summed E-state index contributed by atoms with van der Waals surface area (Å²) in [4.78, 5) is 23.7. The monoisotopic (exact) mass is 295 g/mol. The minimum absolute atomic E-state index is 0.119. The number of nitrogens with zero attached hydrogens (tertiary/aromatic N) is 2. The molecule has 0 unspecified atom stereocenters. The second-order valence-electron chi connectivity index (χ2n) is 4.54. The molecular formula is C14H21N3O4. The predicted octanol–water partition coefficient (Wildman–Crippen LogP) is 1.56. The first kappa shape index (κ1) is 16.9. The minimum atomic E-state index is -0.514. The normalized spacial score (nSPS) is 10.2. The van der Waals surface area contributed by atoms with Gasteiger partial charge in [0.15, 0.2) is 12.4 Å². The molecule has 1 rings (SSSR count). The number of nitrogens with one attached hydrogen (secondary N) is 1. The van der Waals surface area contributed by atoms with Crippen LogP contribution in [0.3, 0.4) is 0 Å². The molecule has 1 amide bonds. The van der Waals surface area contributed by atoms with Crippen molar-refractivity contribution in [2.24, 2.45) is 0 Å². The first-order chi connectivity index (χ1) is 9.99. The summed E-state index contributed by atoms with van der Waals surface area (Å²) in [6, 6.07) is 4.67. The van der Waals surface area contributed by atoms with Crippen LogP contribution in [0.25, 0.3) is 0 Å². The molecule has 21 heavy (non-hydrogen) atoms. The lowest BCUT2D eigenvalue weighted by atomic mass is 10.2.